The van der Waals surface area contributed by atoms with Crippen molar-refractivity contribution in [1.29, 1.82) is 0 Å². The molecule has 0 heterocycles. The molecule has 128 valence electrons. The molecule has 0 amide bonds. The van der Waals surface area contributed by atoms with Crippen molar-refractivity contribution in [3.8, 4) is 0 Å². The number of carbonyl (C=O) groups is 2. The van der Waals surface area contributed by atoms with E-state index in [0.717, 1.165) is 6.04 Å². The van der Waals surface area contributed by atoms with Crippen molar-refractivity contribution in [3.63, 3.8) is 0 Å². The van der Waals surface area contributed by atoms with Crippen molar-refractivity contribution in [2.24, 2.45) is 0 Å². The van der Waals surface area contributed by atoms with Crippen LogP contribution >= 0.6 is 11.8 Å². The number of benzene rings is 1. The summed E-state index contributed by atoms with van der Waals surface area (Å²) in [5.74, 6) is -2.40. The molecule has 0 atom stereocenters. The van der Waals surface area contributed by atoms with Crippen LogP contribution in [0.15, 0.2) is 35.2 Å². The minimum absolute atomic E-state index is 0.830. The predicted octanol–water partition coefficient (Wildman–Crippen LogP) is 3.25. The highest BCUT2D eigenvalue weighted by Gasteiger charge is 2.12. The molecular formula is C17H25NO4S. The first-order chi connectivity index (χ1) is 11.1. The molecule has 5 nitrogen and oxygen atoms in total. The second-order valence-electron chi connectivity index (χ2n) is 5.41. The number of carboxylic acid groups (broad SMARTS) is 2. The maximum absolute atomic E-state index is 9.10. The highest BCUT2D eigenvalue weighted by molar-refractivity contribution is 7.99. The lowest BCUT2D eigenvalue weighted by molar-refractivity contribution is -0.159. The van der Waals surface area contributed by atoms with Gasteiger partial charge in [0.05, 0.1) is 0 Å². The van der Waals surface area contributed by atoms with E-state index in [1.165, 1.54) is 55.7 Å². The average molecular weight is 339 g/mol. The zero-order valence-electron chi connectivity index (χ0n) is 13.2. The van der Waals surface area contributed by atoms with Crippen LogP contribution in [0.5, 0.6) is 0 Å². The summed E-state index contributed by atoms with van der Waals surface area (Å²) in [4.78, 5) is 19.6. The number of hydrogen-bond acceptors (Lipinski definition) is 4. The van der Waals surface area contributed by atoms with Gasteiger partial charge in [-0.3, -0.25) is 0 Å². The Kier molecular flexibility index (Phi) is 10.2. The van der Waals surface area contributed by atoms with Crippen molar-refractivity contribution >= 4 is 23.7 Å². The largest absolute Gasteiger partial charge is 0.473 e. The van der Waals surface area contributed by atoms with Gasteiger partial charge in [-0.1, -0.05) is 31.0 Å². The van der Waals surface area contributed by atoms with Crippen molar-refractivity contribution in [1.82, 2.24) is 5.32 Å². The van der Waals surface area contributed by atoms with Gasteiger partial charge >= 0.3 is 11.9 Å². The first kappa shape index (κ1) is 19.5. The van der Waals surface area contributed by atoms with Crippen LogP contribution in [0.2, 0.25) is 0 Å². The summed E-state index contributed by atoms with van der Waals surface area (Å²) in [6.07, 6.45) is 8.30. The second kappa shape index (κ2) is 12.0. The molecule has 0 aliphatic heterocycles. The normalized spacial score (nSPS) is 14.1. The molecule has 0 saturated heterocycles. The van der Waals surface area contributed by atoms with Gasteiger partial charge < -0.3 is 15.5 Å². The molecule has 3 N–H and O–H groups in total. The van der Waals surface area contributed by atoms with Crippen molar-refractivity contribution in [2.75, 3.05) is 12.3 Å². The molecule has 1 aromatic carbocycles. The van der Waals surface area contributed by atoms with Gasteiger partial charge in [0.1, 0.15) is 0 Å². The molecule has 1 saturated carbocycles. The number of nitrogens with one attached hydrogen (secondary N) is 1. The summed E-state index contributed by atoms with van der Waals surface area (Å²) >= 11 is 1.98. The third kappa shape index (κ3) is 9.97. The van der Waals surface area contributed by atoms with Crippen LogP contribution in [0.4, 0.5) is 0 Å². The Morgan fingerprint density at radius 1 is 1.04 bits per heavy atom. The smallest absolute Gasteiger partial charge is 0.414 e. The fourth-order valence-electron chi connectivity index (χ4n) is 2.37. The minimum atomic E-state index is -1.82. The van der Waals surface area contributed by atoms with E-state index in [-0.39, 0.29) is 0 Å². The summed E-state index contributed by atoms with van der Waals surface area (Å²) in [7, 11) is 0. The number of rotatable bonds is 7. The molecule has 6 heteroatoms. The van der Waals surface area contributed by atoms with Crippen molar-refractivity contribution in [3.05, 3.63) is 30.3 Å². The maximum Gasteiger partial charge on any atom is 0.414 e. The van der Waals surface area contributed by atoms with Crippen LogP contribution in [-0.4, -0.2) is 40.5 Å². The summed E-state index contributed by atoms with van der Waals surface area (Å²) in [6.45, 7) is 1.21. The summed E-state index contributed by atoms with van der Waals surface area (Å²) < 4.78 is 0. The number of carboxylic acids is 2. The molecule has 0 bridgehead atoms. The van der Waals surface area contributed by atoms with Crippen LogP contribution in [-0.2, 0) is 9.59 Å². The van der Waals surface area contributed by atoms with Gasteiger partial charge in [0.2, 0.25) is 0 Å². The molecule has 0 aromatic heterocycles. The Morgan fingerprint density at radius 2 is 1.65 bits per heavy atom. The van der Waals surface area contributed by atoms with Gasteiger partial charge in [0, 0.05) is 10.9 Å². The van der Waals surface area contributed by atoms with Gasteiger partial charge in [-0.15, -0.1) is 11.8 Å². The predicted molar refractivity (Wildman–Crippen MR) is 91.9 cm³/mol. The Bertz CT molecular complexity index is 449. The van der Waals surface area contributed by atoms with Crippen LogP contribution in [0.25, 0.3) is 0 Å². The van der Waals surface area contributed by atoms with E-state index in [0.29, 0.717) is 0 Å². The summed E-state index contributed by atoms with van der Waals surface area (Å²) in [5.41, 5.74) is 0. The molecule has 1 aromatic rings. The van der Waals surface area contributed by atoms with Gasteiger partial charge in [0.25, 0.3) is 0 Å². The molecule has 1 aliphatic carbocycles. The van der Waals surface area contributed by atoms with Crippen LogP contribution in [0.3, 0.4) is 0 Å². The molecule has 2 rings (SSSR count). The lowest BCUT2D eigenvalue weighted by atomic mass is 10.2. The molecule has 23 heavy (non-hydrogen) atoms. The van der Waals surface area contributed by atoms with Crippen molar-refractivity contribution < 1.29 is 19.8 Å². The van der Waals surface area contributed by atoms with Gasteiger partial charge in [-0.2, -0.15) is 0 Å². The fraction of sp³-hybridized carbons (Fsp3) is 0.529. The standard InChI is InChI=1S/C15H23NS.C2H2O4/c1-2-10-15(11-3-1)17-13-7-6-12-16-14-8-4-5-9-14;3-1(4)2(5)6/h1-3,10-11,14,16H,4-9,12-13H2;(H,3,4)(H,5,6). The van der Waals surface area contributed by atoms with E-state index < -0.39 is 11.9 Å². The highest BCUT2D eigenvalue weighted by Crippen LogP contribution is 2.19. The topological polar surface area (TPSA) is 86.6 Å². The fourth-order valence-corrected chi connectivity index (χ4v) is 3.30. The van der Waals surface area contributed by atoms with Crippen LogP contribution < -0.4 is 5.32 Å². The molecule has 0 radical (unpaired) electrons. The van der Waals surface area contributed by atoms with E-state index in [1.54, 1.807) is 0 Å². The summed E-state index contributed by atoms with van der Waals surface area (Å²) in [6, 6.07) is 11.5. The van der Waals surface area contributed by atoms with E-state index in [4.69, 9.17) is 19.8 Å². The Morgan fingerprint density at radius 3 is 2.22 bits per heavy atom. The Labute approximate surface area is 141 Å². The van der Waals surface area contributed by atoms with Crippen molar-refractivity contribution in [2.45, 2.75) is 49.5 Å². The third-order valence-corrected chi connectivity index (χ3v) is 4.65. The van der Waals surface area contributed by atoms with Gasteiger partial charge in [0.15, 0.2) is 0 Å². The molecule has 0 spiro atoms. The second-order valence-corrected chi connectivity index (χ2v) is 6.58. The first-order valence-corrected chi connectivity index (χ1v) is 8.95. The van der Waals surface area contributed by atoms with E-state index in [2.05, 4.69) is 35.6 Å². The van der Waals surface area contributed by atoms with Gasteiger partial charge in [-0.25, -0.2) is 9.59 Å². The molecule has 1 fully saturated rings. The number of unbranched alkanes of at least 4 members (excludes halogenated alkanes) is 1. The average Bonchev–Trinajstić information content (AvgIpc) is 3.05. The molecule has 0 unspecified atom stereocenters. The quantitative estimate of drug-likeness (QED) is 0.402. The van der Waals surface area contributed by atoms with Gasteiger partial charge in [-0.05, 0) is 50.1 Å². The zero-order valence-corrected chi connectivity index (χ0v) is 14.1. The molecular weight excluding hydrogens is 314 g/mol. The summed E-state index contributed by atoms with van der Waals surface area (Å²) in [5, 5.41) is 18.5. The number of thioether (sulfide) groups is 1. The third-order valence-electron chi connectivity index (χ3n) is 3.55. The highest BCUT2D eigenvalue weighted by atomic mass is 32.2. The van der Waals surface area contributed by atoms with E-state index >= 15 is 0 Å². The first-order valence-electron chi connectivity index (χ1n) is 7.97. The maximum atomic E-state index is 9.10. The minimum Gasteiger partial charge on any atom is -0.473 e. The lowest BCUT2D eigenvalue weighted by Gasteiger charge is -2.11. The molecule has 1 aliphatic rings. The van der Waals surface area contributed by atoms with E-state index in [1.807, 2.05) is 11.8 Å². The zero-order chi connectivity index (χ0) is 16.9. The Balaban J connectivity index is 0.000000379. The van der Waals surface area contributed by atoms with E-state index in [9.17, 15) is 0 Å². The lowest BCUT2D eigenvalue weighted by Crippen LogP contribution is -2.26. The number of aliphatic carboxylic acids is 2. The van der Waals surface area contributed by atoms with Crippen LogP contribution in [0.1, 0.15) is 38.5 Å². The Hall–Kier alpha value is -1.53. The SMILES string of the molecule is O=C(O)C(=O)O.c1ccc(SCCCCNC2CCCC2)cc1. The van der Waals surface area contributed by atoms with Crippen LogP contribution in [0, 0.1) is 0 Å². The number of hydrogen-bond donors (Lipinski definition) is 3. The monoisotopic (exact) mass is 339 g/mol.